The van der Waals surface area contributed by atoms with Gasteiger partial charge in [-0.3, -0.25) is 4.79 Å². The number of nitrogens with zero attached hydrogens (tertiary/aromatic N) is 1. The molecule has 27 heavy (non-hydrogen) atoms. The lowest BCUT2D eigenvalue weighted by Crippen LogP contribution is -2.22. The van der Waals surface area contributed by atoms with E-state index in [4.69, 9.17) is 14.2 Å². The predicted molar refractivity (Wildman–Crippen MR) is 105 cm³/mol. The summed E-state index contributed by atoms with van der Waals surface area (Å²) in [7, 11) is 0.272. The van der Waals surface area contributed by atoms with Crippen LogP contribution in [0.25, 0.3) is 0 Å². The van der Waals surface area contributed by atoms with Crippen molar-refractivity contribution in [3.05, 3.63) is 57.8 Å². The van der Waals surface area contributed by atoms with Crippen LogP contribution in [0.2, 0.25) is 0 Å². The highest BCUT2D eigenvalue weighted by Crippen LogP contribution is 2.14. The number of nitrogens with one attached hydrogen (secondary N) is 1. The first-order valence-corrected chi connectivity index (χ1v) is 10.8. The van der Waals surface area contributed by atoms with Crippen molar-refractivity contribution >= 4 is 16.9 Å². The molecule has 0 aliphatic rings. The molecule has 0 radical (unpaired) electrons. The zero-order valence-corrected chi connectivity index (χ0v) is 16.6. The van der Waals surface area contributed by atoms with E-state index in [0.717, 1.165) is 11.3 Å². The maximum atomic E-state index is 12.4. The number of hydrogen-bond donors (Lipinski definition) is 1. The number of H-pyrrole nitrogens is 1. The van der Waals surface area contributed by atoms with Crippen LogP contribution in [-0.4, -0.2) is 47.4 Å². The molecule has 1 N–H and O–H groups in total. The molecule has 0 atom stereocenters. The van der Waals surface area contributed by atoms with E-state index in [9.17, 15) is 9.59 Å². The minimum absolute atomic E-state index is 0.109. The van der Waals surface area contributed by atoms with E-state index in [1.807, 2.05) is 30.3 Å². The number of benzene rings is 1. The highest BCUT2D eigenvalue weighted by molar-refractivity contribution is 7.95. The SMILES string of the molecule is CCOC(=O)c1nc(COCC[S+](C)C)[nH]c(=O)c1OCc1ccccc1. The number of aromatic nitrogens is 2. The fourth-order valence-electron chi connectivity index (χ4n) is 2.17. The number of aromatic amines is 1. The topological polar surface area (TPSA) is 90.5 Å². The van der Waals surface area contributed by atoms with Crippen molar-refractivity contribution in [2.45, 2.75) is 20.1 Å². The Morgan fingerprint density at radius 1 is 1.19 bits per heavy atom. The summed E-state index contributed by atoms with van der Waals surface area (Å²) in [6, 6.07) is 9.35. The van der Waals surface area contributed by atoms with Crippen LogP contribution in [0.1, 0.15) is 28.8 Å². The van der Waals surface area contributed by atoms with Crippen LogP contribution in [0, 0.1) is 0 Å². The molecule has 0 unspecified atom stereocenters. The van der Waals surface area contributed by atoms with Crippen LogP contribution < -0.4 is 10.3 Å². The van der Waals surface area contributed by atoms with Crippen molar-refractivity contribution in [1.82, 2.24) is 9.97 Å². The predicted octanol–water partition coefficient (Wildman–Crippen LogP) is 1.92. The summed E-state index contributed by atoms with van der Waals surface area (Å²) >= 11 is 0. The summed E-state index contributed by atoms with van der Waals surface area (Å²) in [5.74, 6) is 0.344. The maximum absolute atomic E-state index is 12.4. The second-order valence-corrected chi connectivity index (χ2v) is 8.31. The van der Waals surface area contributed by atoms with Gasteiger partial charge in [-0.1, -0.05) is 30.3 Å². The van der Waals surface area contributed by atoms with Crippen molar-refractivity contribution < 1.29 is 19.0 Å². The van der Waals surface area contributed by atoms with E-state index in [1.54, 1.807) is 6.92 Å². The zero-order valence-electron chi connectivity index (χ0n) is 15.8. The van der Waals surface area contributed by atoms with Gasteiger partial charge >= 0.3 is 5.97 Å². The molecule has 7 nitrogen and oxygen atoms in total. The quantitative estimate of drug-likeness (QED) is 0.377. The zero-order chi connectivity index (χ0) is 19.6. The molecule has 0 saturated carbocycles. The Bertz CT molecular complexity index is 792. The standard InChI is InChI=1S/C19H24N2O5S/c1-4-25-19(23)16-17(26-12-14-8-6-5-7-9-14)18(22)21-15(20-16)13-24-10-11-27(2)3/h5-9H,4,10-13H2,1-3H3/p+1. The molecule has 1 heterocycles. The summed E-state index contributed by atoms with van der Waals surface area (Å²) in [5.41, 5.74) is 0.197. The number of rotatable bonds is 10. The third-order valence-electron chi connectivity index (χ3n) is 3.50. The van der Waals surface area contributed by atoms with Crippen molar-refractivity contribution in [2.24, 2.45) is 0 Å². The molecule has 0 bridgehead atoms. The molecule has 2 rings (SSSR count). The van der Waals surface area contributed by atoms with Crippen LogP contribution in [0.5, 0.6) is 5.75 Å². The Balaban J connectivity index is 2.18. The van der Waals surface area contributed by atoms with Crippen LogP contribution in [0.3, 0.4) is 0 Å². The van der Waals surface area contributed by atoms with Gasteiger partial charge < -0.3 is 19.2 Å². The molecule has 0 aliphatic heterocycles. The van der Waals surface area contributed by atoms with E-state index >= 15 is 0 Å². The first kappa shape index (κ1) is 21.0. The molecule has 2 aromatic rings. The van der Waals surface area contributed by atoms with Crippen LogP contribution in [0.4, 0.5) is 0 Å². The van der Waals surface area contributed by atoms with Gasteiger partial charge in [-0.05, 0) is 23.4 Å². The number of esters is 1. The average molecular weight is 393 g/mol. The van der Waals surface area contributed by atoms with Crippen molar-refractivity contribution in [2.75, 3.05) is 31.5 Å². The van der Waals surface area contributed by atoms with Gasteiger partial charge in [0.2, 0.25) is 5.75 Å². The number of carbonyl (C=O) groups excluding carboxylic acids is 1. The summed E-state index contributed by atoms with van der Waals surface area (Å²) in [6.45, 7) is 2.67. The molecular weight excluding hydrogens is 368 g/mol. The third kappa shape index (κ3) is 6.73. The molecule has 0 fully saturated rings. The average Bonchev–Trinajstić information content (AvgIpc) is 2.65. The number of hydrogen-bond acceptors (Lipinski definition) is 6. The fourth-order valence-corrected chi connectivity index (χ4v) is 2.62. The second kappa shape index (κ2) is 10.7. The van der Waals surface area contributed by atoms with Gasteiger partial charge in [0.15, 0.2) is 5.69 Å². The van der Waals surface area contributed by atoms with Gasteiger partial charge in [-0.2, -0.15) is 0 Å². The monoisotopic (exact) mass is 393 g/mol. The molecule has 146 valence electrons. The van der Waals surface area contributed by atoms with E-state index in [1.165, 1.54) is 0 Å². The van der Waals surface area contributed by atoms with E-state index in [-0.39, 0.29) is 48.0 Å². The Labute approximate surface area is 161 Å². The normalized spacial score (nSPS) is 10.8. The highest BCUT2D eigenvalue weighted by atomic mass is 32.2. The minimum Gasteiger partial charge on any atom is -0.481 e. The number of ether oxygens (including phenoxy) is 3. The smallest absolute Gasteiger partial charge is 0.361 e. The lowest BCUT2D eigenvalue weighted by Gasteiger charge is -2.11. The van der Waals surface area contributed by atoms with Gasteiger partial charge in [0, 0.05) is 0 Å². The van der Waals surface area contributed by atoms with E-state index in [2.05, 4.69) is 22.5 Å². The summed E-state index contributed by atoms with van der Waals surface area (Å²) in [6.07, 6.45) is 4.25. The van der Waals surface area contributed by atoms with Crippen molar-refractivity contribution in [1.29, 1.82) is 0 Å². The lowest BCUT2D eigenvalue weighted by atomic mass is 10.2. The largest absolute Gasteiger partial charge is 0.481 e. The summed E-state index contributed by atoms with van der Waals surface area (Å²) in [5, 5.41) is 0. The molecule has 0 aliphatic carbocycles. The molecule has 8 heteroatoms. The van der Waals surface area contributed by atoms with Crippen LogP contribution in [-0.2, 0) is 33.6 Å². The minimum atomic E-state index is -0.698. The van der Waals surface area contributed by atoms with Gasteiger partial charge in [0.25, 0.3) is 5.56 Å². The Morgan fingerprint density at radius 3 is 2.59 bits per heavy atom. The van der Waals surface area contributed by atoms with Gasteiger partial charge in [-0.15, -0.1) is 0 Å². The third-order valence-corrected chi connectivity index (χ3v) is 4.48. The molecule has 1 aromatic carbocycles. The lowest BCUT2D eigenvalue weighted by molar-refractivity contribution is 0.0511. The highest BCUT2D eigenvalue weighted by Gasteiger charge is 2.21. The molecular formula is C19H25N2O5S+. The van der Waals surface area contributed by atoms with E-state index in [0.29, 0.717) is 6.61 Å². The Morgan fingerprint density at radius 2 is 1.93 bits per heavy atom. The maximum Gasteiger partial charge on any atom is 0.361 e. The fraction of sp³-hybridized carbons (Fsp3) is 0.421. The van der Waals surface area contributed by atoms with E-state index < -0.39 is 11.5 Å². The summed E-state index contributed by atoms with van der Waals surface area (Å²) < 4.78 is 16.1. The van der Waals surface area contributed by atoms with Crippen molar-refractivity contribution in [3.8, 4) is 5.75 Å². The van der Waals surface area contributed by atoms with Crippen LogP contribution in [0.15, 0.2) is 35.1 Å². The van der Waals surface area contributed by atoms with Crippen molar-refractivity contribution in [3.63, 3.8) is 0 Å². The van der Waals surface area contributed by atoms with Gasteiger partial charge in [0.1, 0.15) is 24.8 Å². The molecule has 1 aromatic heterocycles. The molecule has 0 saturated heterocycles. The second-order valence-electron chi connectivity index (χ2n) is 5.93. The van der Waals surface area contributed by atoms with Gasteiger partial charge in [0.05, 0.1) is 25.7 Å². The first-order valence-electron chi connectivity index (χ1n) is 8.60. The Kier molecular flexibility index (Phi) is 8.35. The molecule has 0 spiro atoms. The molecule has 0 amide bonds. The summed E-state index contributed by atoms with van der Waals surface area (Å²) in [4.78, 5) is 31.5. The first-order chi connectivity index (χ1) is 13.0. The number of carbonyl (C=O) groups is 1. The Hall–Kier alpha value is -2.32. The van der Waals surface area contributed by atoms with Gasteiger partial charge in [-0.25, -0.2) is 9.78 Å². The van der Waals surface area contributed by atoms with Crippen LogP contribution >= 0.6 is 0 Å².